The van der Waals surface area contributed by atoms with E-state index in [0.29, 0.717) is 11.8 Å². The van der Waals surface area contributed by atoms with E-state index in [1.807, 2.05) is 0 Å². The van der Waals surface area contributed by atoms with Gasteiger partial charge in [-0.2, -0.15) is 0 Å². The second-order valence-corrected chi connectivity index (χ2v) is 8.63. The number of rotatable bonds is 1. The van der Waals surface area contributed by atoms with Gasteiger partial charge in [-0.05, 0) is 54.8 Å². The third-order valence-corrected chi connectivity index (χ3v) is 7.40. The molecule has 4 aliphatic carbocycles. The van der Waals surface area contributed by atoms with Crippen LogP contribution in [0.25, 0.3) is 0 Å². The van der Waals surface area contributed by atoms with Crippen LogP contribution in [0.3, 0.4) is 0 Å². The van der Waals surface area contributed by atoms with Crippen LogP contribution >= 0.6 is 0 Å². The zero-order valence-electron chi connectivity index (χ0n) is 9.54. The van der Waals surface area contributed by atoms with Crippen LogP contribution in [0, 0.1) is 35.5 Å². The summed E-state index contributed by atoms with van der Waals surface area (Å²) in [5.41, 5.74) is 0. The first kappa shape index (κ1) is 9.69. The summed E-state index contributed by atoms with van der Waals surface area (Å²) >= 11 is 0. The maximum atomic E-state index is 11.8. The first-order valence-electron chi connectivity index (χ1n) is 6.43. The summed E-state index contributed by atoms with van der Waals surface area (Å²) in [5, 5.41) is -0.00787. The van der Waals surface area contributed by atoms with Crippen LogP contribution in [-0.4, -0.2) is 19.9 Å². The summed E-state index contributed by atoms with van der Waals surface area (Å²) in [7, 11) is -2.81. The van der Waals surface area contributed by atoms with Crippen molar-refractivity contribution in [3.8, 4) is 0 Å². The minimum Gasteiger partial charge on any atom is -0.229 e. The minimum atomic E-state index is -2.81. The molecule has 3 fully saturated rings. The Bertz CT molecular complexity index is 464. The van der Waals surface area contributed by atoms with Crippen molar-refractivity contribution in [2.75, 3.05) is 6.26 Å². The molecule has 0 aromatic heterocycles. The lowest BCUT2D eigenvalue weighted by atomic mass is 9.73. The van der Waals surface area contributed by atoms with Gasteiger partial charge in [-0.1, -0.05) is 12.2 Å². The van der Waals surface area contributed by atoms with Crippen molar-refractivity contribution in [3.63, 3.8) is 0 Å². The summed E-state index contributed by atoms with van der Waals surface area (Å²) in [6.07, 6.45) is 9.69. The third kappa shape index (κ3) is 1.01. The zero-order valence-corrected chi connectivity index (χ0v) is 10.4. The largest absolute Gasteiger partial charge is 0.229 e. The van der Waals surface area contributed by atoms with E-state index >= 15 is 0 Å². The fourth-order valence-corrected chi connectivity index (χ4v) is 6.97. The Labute approximate surface area is 97.0 Å². The van der Waals surface area contributed by atoms with Crippen molar-refractivity contribution in [2.24, 2.45) is 35.5 Å². The fraction of sp³-hybridized carbons (Fsp3) is 0.846. The maximum absolute atomic E-state index is 11.8. The molecule has 4 bridgehead atoms. The highest BCUT2D eigenvalue weighted by molar-refractivity contribution is 7.91. The van der Waals surface area contributed by atoms with E-state index in [4.69, 9.17) is 0 Å². The summed E-state index contributed by atoms with van der Waals surface area (Å²) in [6.45, 7) is 0. The predicted molar refractivity (Wildman–Crippen MR) is 62.6 cm³/mol. The predicted octanol–water partition coefficient (Wildman–Crippen LogP) is 1.88. The Morgan fingerprint density at radius 2 is 1.69 bits per heavy atom. The lowest BCUT2D eigenvalue weighted by Crippen LogP contribution is -2.37. The van der Waals surface area contributed by atoms with Gasteiger partial charge in [0.05, 0.1) is 5.25 Å². The van der Waals surface area contributed by atoms with Crippen molar-refractivity contribution in [3.05, 3.63) is 12.2 Å². The molecule has 3 saturated carbocycles. The molecular formula is C13H18O2S. The first-order chi connectivity index (χ1) is 7.55. The summed E-state index contributed by atoms with van der Waals surface area (Å²) < 4.78 is 23.6. The standard InChI is InChI=1S/C13H18O2S/c1-16(14,15)11-6-9-5-10(11)13-8-3-2-7(4-8)12(9)13/h2-3,7-13H,4-6H2,1H3. The molecule has 3 heteroatoms. The second-order valence-electron chi connectivity index (χ2n) is 6.37. The molecule has 2 nitrogen and oxygen atoms in total. The third-order valence-electron chi connectivity index (χ3n) is 5.76. The van der Waals surface area contributed by atoms with Gasteiger partial charge in [0, 0.05) is 6.26 Å². The van der Waals surface area contributed by atoms with Gasteiger partial charge in [0.15, 0.2) is 9.84 Å². The first-order valence-corrected chi connectivity index (χ1v) is 8.38. The summed E-state index contributed by atoms with van der Waals surface area (Å²) in [4.78, 5) is 0. The number of hydrogen-bond acceptors (Lipinski definition) is 2. The van der Waals surface area contributed by atoms with Crippen LogP contribution in [0.15, 0.2) is 12.2 Å². The summed E-state index contributed by atoms with van der Waals surface area (Å²) in [5.74, 6) is 4.28. The molecule has 7 atom stereocenters. The molecular weight excluding hydrogens is 220 g/mol. The molecule has 0 aromatic rings. The Morgan fingerprint density at radius 3 is 2.38 bits per heavy atom. The monoisotopic (exact) mass is 238 g/mol. The van der Waals surface area contributed by atoms with Gasteiger partial charge in [-0.15, -0.1) is 0 Å². The van der Waals surface area contributed by atoms with Gasteiger partial charge < -0.3 is 0 Å². The highest BCUT2D eigenvalue weighted by atomic mass is 32.2. The van der Waals surface area contributed by atoms with E-state index < -0.39 is 9.84 Å². The van der Waals surface area contributed by atoms with Gasteiger partial charge >= 0.3 is 0 Å². The highest BCUT2D eigenvalue weighted by Crippen LogP contribution is 2.66. The maximum Gasteiger partial charge on any atom is 0.150 e. The van der Waals surface area contributed by atoms with Gasteiger partial charge in [-0.3, -0.25) is 0 Å². The molecule has 0 spiro atoms. The van der Waals surface area contributed by atoms with Gasteiger partial charge in [-0.25, -0.2) is 8.42 Å². The molecule has 4 aliphatic rings. The van der Waals surface area contributed by atoms with Crippen molar-refractivity contribution in [1.29, 1.82) is 0 Å². The number of fused-ring (bicyclic) bond motifs is 9. The number of hydrogen-bond donors (Lipinski definition) is 0. The number of allylic oxidation sites excluding steroid dienone is 2. The van der Waals surface area contributed by atoms with Gasteiger partial charge in [0.25, 0.3) is 0 Å². The van der Waals surface area contributed by atoms with Crippen LogP contribution in [-0.2, 0) is 9.84 Å². The van der Waals surface area contributed by atoms with Crippen LogP contribution in [0.4, 0.5) is 0 Å². The molecule has 0 aliphatic heterocycles. The van der Waals surface area contributed by atoms with Crippen LogP contribution in [0.2, 0.25) is 0 Å². The quantitative estimate of drug-likeness (QED) is 0.516. The summed E-state index contributed by atoms with van der Waals surface area (Å²) in [6, 6.07) is 0. The van der Waals surface area contributed by atoms with E-state index in [1.54, 1.807) is 0 Å². The average Bonchev–Trinajstić information content (AvgIpc) is 2.94. The lowest BCUT2D eigenvalue weighted by Gasteiger charge is -2.35. The smallest absolute Gasteiger partial charge is 0.150 e. The Morgan fingerprint density at radius 1 is 1.00 bits per heavy atom. The van der Waals surface area contributed by atoms with Crippen molar-refractivity contribution in [2.45, 2.75) is 24.5 Å². The lowest BCUT2D eigenvalue weighted by molar-refractivity contribution is 0.208. The van der Waals surface area contributed by atoms with E-state index in [0.717, 1.165) is 30.1 Å². The molecule has 0 aromatic carbocycles. The van der Waals surface area contributed by atoms with E-state index in [2.05, 4.69) is 12.2 Å². The molecule has 0 N–H and O–H groups in total. The topological polar surface area (TPSA) is 34.1 Å². The molecule has 0 heterocycles. The normalized spacial score (nSPS) is 57.2. The Hall–Kier alpha value is -0.310. The molecule has 16 heavy (non-hydrogen) atoms. The highest BCUT2D eigenvalue weighted by Gasteiger charge is 2.62. The second kappa shape index (κ2) is 2.74. The minimum absolute atomic E-state index is 0.00787. The van der Waals surface area contributed by atoms with Crippen molar-refractivity contribution >= 4 is 9.84 Å². The average molecular weight is 238 g/mol. The Balaban J connectivity index is 1.73. The van der Waals surface area contributed by atoms with Crippen molar-refractivity contribution in [1.82, 2.24) is 0 Å². The van der Waals surface area contributed by atoms with Gasteiger partial charge in [0.2, 0.25) is 0 Å². The number of sulfone groups is 1. The van der Waals surface area contributed by atoms with E-state index in [9.17, 15) is 8.42 Å². The van der Waals surface area contributed by atoms with Crippen LogP contribution in [0.1, 0.15) is 19.3 Å². The SMILES string of the molecule is CS(=O)(=O)C1CC2CC1C1C3C=CC(C3)C21. The fourth-order valence-electron chi connectivity index (χ4n) is 5.45. The van der Waals surface area contributed by atoms with E-state index in [-0.39, 0.29) is 5.25 Å². The molecule has 88 valence electrons. The van der Waals surface area contributed by atoms with E-state index in [1.165, 1.54) is 19.1 Å². The zero-order chi connectivity index (χ0) is 11.1. The van der Waals surface area contributed by atoms with Gasteiger partial charge in [0.1, 0.15) is 0 Å². The molecule has 7 unspecified atom stereocenters. The molecule has 4 rings (SSSR count). The molecule has 0 amide bonds. The Kier molecular flexibility index (Phi) is 1.66. The van der Waals surface area contributed by atoms with Crippen LogP contribution in [0.5, 0.6) is 0 Å². The van der Waals surface area contributed by atoms with Crippen molar-refractivity contribution < 1.29 is 8.42 Å². The molecule has 0 radical (unpaired) electrons. The molecule has 0 saturated heterocycles. The van der Waals surface area contributed by atoms with Crippen LogP contribution < -0.4 is 0 Å².